The molecule has 1 heteroatoms. The Labute approximate surface area is 91.4 Å². The van der Waals surface area contributed by atoms with Crippen molar-refractivity contribution in [2.24, 2.45) is 0 Å². The third-order valence-corrected chi connectivity index (χ3v) is 3.96. The fourth-order valence-corrected chi connectivity index (χ4v) is 2.89. The van der Waals surface area contributed by atoms with Gasteiger partial charge in [0, 0.05) is 5.41 Å². The molecule has 0 atom stereocenters. The lowest BCUT2D eigenvalue weighted by Crippen LogP contribution is -2.38. The first-order valence-electron chi connectivity index (χ1n) is 5.77. The average molecular weight is 199 g/mol. The minimum Gasteiger partial charge on any atom is -0.306 e. The SMILES string of the molecule is CN1CCC2(C=Cc3ccccc32)CC1. The maximum Gasteiger partial charge on any atom is 0.0165 e. The zero-order valence-corrected chi connectivity index (χ0v) is 9.24. The molecule has 0 amide bonds. The molecule has 0 bridgehead atoms. The van der Waals surface area contributed by atoms with Crippen LogP contribution in [0.15, 0.2) is 30.3 Å². The van der Waals surface area contributed by atoms with Crippen molar-refractivity contribution in [1.29, 1.82) is 0 Å². The molecule has 0 radical (unpaired) electrons. The highest BCUT2D eigenvalue weighted by Crippen LogP contribution is 2.43. The molecule has 1 aliphatic heterocycles. The molecule has 0 unspecified atom stereocenters. The molecule has 1 aromatic carbocycles. The van der Waals surface area contributed by atoms with Gasteiger partial charge in [0.25, 0.3) is 0 Å². The molecular weight excluding hydrogens is 182 g/mol. The number of likely N-dealkylation sites (tertiary alicyclic amines) is 1. The first kappa shape index (κ1) is 9.17. The summed E-state index contributed by atoms with van der Waals surface area (Å²) >= 11 is 0. The van der Waals surface area contributed by atoms with E-state index in [2.05, 4.69) is 48.4 Å². The summed E-state index contributed by atoms with van der Waals surface area (Å²) in [6.07, 6.45) is 7.29. The zero-order chi connectivity index (χ0) is 10.3. The summed E-state index contributed by atoms with van der Waals surface area (Å²) < 4.78 is 0. The number of piperidine rings is 1. The Morgan fingerprint density at radius 1 is 1.13 bits per heavy atom. The van der Waals surface area contributed by atoms with E-state index in [9.17, 15) is 0 Å². The number of hydrogen-bond donors (Lipinski definition) is 0. The molecule has 1 heterocycles. The molecule has 3 rings (SSSR count). The number of benzene rings is 1. The van der Waals surface area contributed by atoms with Crippen LogP contribution in [-0.4, -0.2) is 25.0 Å². The van der Waals surface area contributed by atoms with Crippen LogP contribution in [0.5, 0.6) is 0 Å². The molecule has 2 aliphatic rings. The monoisotopic (exact) mass is 199 g/mol. The van der Waals surface area contributed by atoms with Crippen LogP contribution in [0.3, 0.4) is 0 Å². The molecule has 1 saturated heterocycles. The molecule has 1 spiro atoms. The standard InChI is InChI=1S/C14H17N/c1-15-10-8-14(9-11-15)7-6-12-4-2-3-5-13(12)14/h2-7H,8-11H2,1H3. The zero-order valence-electron chi connectivity index (χ0n) is 9.24. The van der Waals surface area contributed by atoms with E-state index in [1.807, 2.05) is 0 Å². The highest BCUT2D eigenvalue weighted by molar-refractivity contribution is 5.65. The number of nitrogens with zero attached hydrogens (tertiary/aromatic N) is 1. The number of fused-ring (bicyclic) bond motifs is 2. The summed E-state index contributed by atoms with van der Waals surface area (Å²) in [6, 6.07) is 8.85. The third kappa shape index (κ3) is 1.34. The normalized spacial score (nSPS) is 23.3. The summed E-state index contributed by atoms with van der Waals surface area (Å²) in [7, 11) is 2.22. The van der Waals surface area contributed by atoms with E-state index in [1.54, 1.807) is 5.56 Å². The lowest BCUT2D eigenvalue weighted by atomic mass is 9.75. The van der Waals surface area contributed by atoms with Gasteiger partial charge in [0.1, 0.15) is 0 Å². The van der Waals surface area contributed by atoms with E-state index in [0.717, 1.165) is 0 Å². The fourth-order valence-electron chi connectivity index (χ4n) is 2.89. The van der Waals surface area contributed by atoms with Crippen molar-refractivity contribution in [3.8, 4) is 0 Å². The van der Waals surface area contributed by atoms with Crippen molar-refractivity contribution in [2.45, 2.75) is 18.3 Å². The highest BCUT2D eigenvalue weighted by atomic mass is 15.1. The second kappa shape index (κ2) is 3.21. The van der Waals surface area contributed by atoms with Gasteiger partial charge in [0.05, 0.1) is 0 Å². The molecule has 1 aliphatic carbocycles. The Kier molecular flexibility index (Phi) is 1.96. The van der Waals surface area contributed by atoms with E-state index < -0.39 is 0 Å². The van der Waals surface area contributed by atoms with Gasteiger partial charge in [0.15, 0.2) is 0 Å². The van der Waals surface area contributed by atoms with E-state index in [1.165, 1.54) is 31.5 Å². The summed E-state index contributed by atoms with van der Waals surface area (Å²) in [4.78, 5) is 2.43. The van der Waals surface area contributed by atoms with Crippen molar-refractivity contribution in [3.05, 3.63) is 41.5 Å². The summed E-state index contributed by atoms with van der Waals surface area (Å²) in [6.45, 7) is 2.44. The smallest absolute Gasteiger partial charge is 0.0165 e. The Hall–Kier alpha value is -1.08. The van der Waals surface area contributed by atoms with Crippen molar-refractivity contribution in [1.82, 2.24) is 4.90 Å². The van der Waals surface area contributed by atoms with Gasteiger partial charge >= 0.3 is 0 Å². The Balaban J connectivity index is 1.99. The van der Waals surface area contributed by atoms with Crippen LogP contribution in [0.2, 0.25) is 0 Å². The molecule has 0 aromatic heterocycles. The topological polar surface area (TPSA) is 3.24 Å². The second-order valence-electron chi connectivity index (χ2n) is 4.88. The first-order chi connectivity index (χ1) is 7.30. The Morgan fingerprint density at radius 3 is 2.67 bits per heavy atom. The van der Waals surface area contributed by atoms with Gasteiger partial charge in [-0.2, -0.15) is 0 Å². The van der Waals surface area contributed by atoms with Crippen molar-refractivity contribution in [3.63, 3.8) is 0 Å². The molecule has 15 heavy (non-hydrogen) atoms. The van der Waals surface area contributed by atoms with Crippen LogP contribution >= 0.6 is 0 Å². The Bertz CT molecular complexity index is 398. The van der Waals surface area contributed by atoms with E-state index >= 15 is 0 Å². The summed E-state index contributed by atoms with van der Waals surface area (Å²) in [5.41, 5.74) is 3.35. The van der Waals surface area contributed by atoms with E-state index in [-0.39, 0.29) is 0 Å². The van der Waals surface area contributed by atoms with Crippen LogP contribution in [-0.2, 0) is 5.41 Å². The molecule has 78 valence electrons. The van der Waals surface area contributed by atoms with Crippen molar-refractivity contribution >= 4 is 6.08 Å². The first-order valence-corrected chi connectivity index (χ1v) is 5.77. The molecule has 1 nitrogen and oxygen atoms in total. The molecular formula is C14H17N. The van der Waals surface area contributed by atoms with Crippen LogP contribution in [0.1, 0.15) is 24.0 Å². The van der Waals surface area contributed by atoms with E-state index in [4.69, 9.17) is 0 Å². The molecule has 1 fully saturated rings. The minimum absolute atomic E-state index is 0.364. The lowest BCUT2D eigenvalue weighted by molar-refractivity contribution is 0.220. The van der Waals surface area contributed by atoms with Gasteiger partial charge in [-0.05, 0) is 44.1 Å². The van der Waals surface area contributed by atoms with Crippen molar-refractivity contribution < 1.29 is 0 Å². The van der Waals surface area contributed by atoms with Crippen LogP contribution < -0.4 is 0 Å². The second-order valence-corrected chi connectivity index (χ2v) is 4.88. The van der Waals surface area contributed by atoms with Gasteiger partial charge in [-0.3, -0.25) is 0 Å². The van der Waals surface area contributed by atoms with Gasteiger partial charge < -0.3 is 4.90 Å². The summed E-state index contributed by atoms with van der Waals surface area (Å²) in [5, 5.41) is 0. The van der Waals surface area contributed by atoms with Crippen LogP contribution in [0, 0.1) is 0 Å². The average Bonchev–Trinajstić information content (AvgIpc) is 2.63. The van der Waals surface area contributed by atoms with E-state index in [0.29, 0.717) is 5.41 Å². The van der Waals surface area contributed by atoms with Gasteiger partial charge in [-0.1, -0.05) is 36.4 Å². The van der Waals surface area contributed by atoms with Gasteiger partial charge in [-0.15, -0.1) is 0 Å². The van der Waals surface area contributed by atoms with Crippen LogP contribution in [0.4, 0.5) is 0 Å². The lowest BCUT2D eigenvalue weighted by Gasteiger charge is -2.37. The number of hydrogen-bond acceptors (Lipinski definition) is 1. The summed E-state index contributed by atoms with van der Waals surface area (Å²) in [5.74, 6) is 0. The maximum absolute atomic E-state index is 2.44. The quantitative estimate of drug-likeness (QED) is 0.621. The van der Waals surface area contributed by atoms with Crippen LogP contribution in [0.25, 0.3) is 6.08 Å². The predicted molar refractivity (Wildman–Crippen MR) is 63.9 cm³/mol. The number of allylic oxidation sites excluding steroid dienone is 1. The predicted octanol–water partition coefficient (Wildman–Crippen LogP) is 2.68. The minimum atomic E-state index is 0.364. The van der Waals surface area contributed by atoms with Crippen molar-refractivity contribution in [2.75, 3.05) is 20.1 Å². The third-order valence-electron chi connectivity index (χ3n) is 3.96. The largest absolute Gasteiger partial charge is 0.306 e. The maximum atomic E-state index is 2.44. The number of rotatable bonds is 0. The van der Waals surface area contributed by atoms with Gasteiger partial charge in [0.2, 0.25) is 0 Å². The van der Waals surface area contributed by atoms with Gasteiger partial charge in [-0.25, -0.2) is 0 Å². The molecule has 1 aromatic rings. The fraction of sp³-hybridized carbons (Fsp3) is 0.429. The highest BCUT2D eigenvalue weighted by Gasteiger charge is 2.36. The molecule has 0 saturated carbocycles. The Morgan fingerprint density at radius 2 is 1.87 bits per heavy atom. The molecule has 0 N–H and O–H groups in total.